The van der Waals surface area contributed by atoms with Crippen molar-refractivity contribution in [1.82, 2.24) is 0 Å². The van der Waals surface area contributed by atoms with E-state index in [2.05, 4.69) is 0 Å². The lowest BCUT2D eigenvalue weighted by Gasteiger charge is -2.23. The first-order valence-electron chi connectivity index (χ1n) is 6.04. The summed E-state index contributed by atoms with van der Waals surface area (Å²) in [5.41, 5.74) is 1.04. The highest BCUT2D eigenvalue weighted by atomic mass is 32.2. The van der Waals surface area contributed by atoms with Crippen molar-refractivity contribution in [3.05, 3.63) is 29.8 Å². The fourth-order valence-corrected chi connectivity index (χ4v) is 2.95. The number of hydrogen-bond donors (Lipinski definition) is 0. The van der Waals surface area contributed by atoms with Crippen LogP contribution in [0, 0.1) is 0 Å². The average molecular weight is 254 g/mol. The zero-order chi connectivity index (χ0) is 12.3. The summed E-state index contributed by atoms with van der Waals surface area (Å²) in [5, 5.41) is 0. The SMILES string of the molecule is CS(=O)(=O)Oc1ccccc1C1CCCCC1. The van der Waals surface area contributed by atoms with Gasteiger partial charge in [-0.25, -0.2) is 0 Å². The quantitative estimate of drug-likeness (QED) is 0.779. The van der Waals surface area contributed by atoms with Crippen molar-refractivity contribution in [1.29, 1.82) is 0 Å². The molecule has 0 unspecified atom stereocenters. The predicted octanol–water partition coefficient (Wildman–Crippen LogP) is 3.07. The molecule has 1 aromatic rings. The van der Waals surface area contributed by atoms with Crippen LogP contribution in [0.3, 0.4) is 0 Å². The molecule has 0 amide bonds. The van der Waals surface area contributed by atoms with Gasteiger partial charge >= 0.3 is 10.1 Å². The number of rotatable bonds is 3. The molecule has 0 atom stereocenters. The molecule has 0 heterocycles. The van der Waals surface area contributed by atoms with Crippen molar-refractivity contribution in [2.24, 2.45) is 0 Å². The highest BCUT2D eigenvalue weighted by Crippen LogP contribution is 2.37. The second kappa shape index (κ2) is 5.08. The Morgan fingerprint density at radius 2 is 1.76 bits per heavy atom. The number of benzene rings is 1. The van der Waals surface area contributed by atoms with Crippen LogP contribution < -0.4 is 4.18 Å². The van der Waals surface area contributed by atoms with Crippen molar-refractivity contribution >= 4 is 10.1 Å². The second-order valence-electron chi connectivity index (χ2n) is 4.66. The summed E-state index contributed by atoms with van der Waals surface area (Å²) in [5.74, 6) is 0.948. The van der Waals surface area contributed by atoms with Gasteiger partial charge in [0.1, 0.15) is 5.75 Å². The lowest BCUT2D eigenvalue weighted by atomic mass is 9.84. The molecule has 1 saturated carbocycles. The maximum Gasteiger partial charge on any atom is 0.306 e. The van der Waals surface area contributed by atoms with E-state index in [1.54, 1.807) is 6.07 Å². The molecule has 0 saturated heterocycles. The molecule has 0 bridgehead atoms. The lowest BCUT2D eigenvalue weighted by Crippen LogP contribution is -2.11. The molecule has 4 heteroatoms. The van der Waals surface area contributed by atoms with Crippen molar-refractivity contribution in [3.63, 3.8) is 0 Å². The third kappa shape index (κ3) is 3.46. The molecule has 3 nitrogen and oxygen atoms in total. The van der Waals surface area contributed by atoms with Gasteiger partial charge in [0, 0.05) is 0 Å². The van der Waals surface area contributed by atoms with Crippen LogP contribution in [-0.4, -0.2) is 14.7 Å². The van der Waals surface area contributed by atoms with Crippen LogP contribution in [0.4, 0.5) is 0 Å². The first kappa shape index (κ1) is 12.4. The second-order valence-corrected chi connectivity index (χ2v) is 6.24. The zero-order valence-corrected chi connectivity index (χ0v) is 10.9. The Balaban J connectivity index is 2.26. The van der Waals surface area contributed by atoms with Gasteiger partial charge in [-0.3, -0.25) is 0 Å². The highest BCUT2D eigenvalue weighted by Gasteiger charge is 2.20. The summed E-state index contributed by atoms with van der Waals surface area (Å²) in [7, 11) is -3.44. The van der Waals surface area contributed by atoms with Gasteiger partial charge in [-0.15, -0.1) is 0 Å². The highest BCUT2D eigenvalue weighted by molar-refractivity contribution is 7.86. The summed E-state index contributed by atoms with van der Waals surface area (Å²) >= 11 is 0. The third-order valence-corrected chi connectivity index (χ3v) is 3.69. The third-order valence-electron chi connectivity index (χ3n) is 3.21. The maximum absolute atomic E-state index is 11.2. The van der Waals surface area contributed by atoms with Crippen LogP contribution in [-0.2, 0) is 10.1 Å². The molecule has 0 spiro atoms. The van der Waals surface area contributed by atoms with Crippen LogP contribution in [0.2, 0.25) is 0 Å². The van der Waals surface area contributed by atoms with Crippen LogP contribution >= 0.6 is 0 Å². The van der Waals surface area contributed by atoms with Crippen LogP contribution in [0.5, 0.6) is 5.75 Å². The molecule has 1 aliphatic rings. The standard InChI is InChI=1S/C13H18O3S/c1-17(14,15)16-13-10-6-5-9-12(13)11-7-3-2-4-8-11/h5-6,9-11H,2-4,7-8H2,1H3. The van der Waals surface area contributed by atoms with E-state index >= 15 is 0 Å². The molecule has 2 rings (SSSR count). The Hall–Kier alpha value is -1.03. The zero-order valence-electron chi connectivity index (χ0n) is 10.1. The van der Waals surface area contributed by atoms with E-state index in [1.807, 2.05) is 18.2 Å². The Morgan fingerprint density at radius 1 is 1.12 bits per heavy atom. The molecule has 94 valence electrons. The van der Waals surface area contributed by atoms with Gasteiger partial charge < -0.3 is 4.18 Å². The van der Waals surface area contributed by atoms with Gasteiger partial charge in [0.2, 0.25) is 0 Å². The van der Waals surface area contributed by atoms with Gasteiger partial charge in [-0.2, -0.15) is 8.42 Å². The largest absolute Gasteiger partial charge is 0.382 e. The molecule has 1 aliphatic carbocycles. The van der Waals surface area contributed by atoms with Gasteiger partial charge in [0.05, 0.1) is 6.26 Å². The van der Waals surface area contributed by atoms with Crippen molar-refractivity contribution in [2.75, 3.05) is 6.26 Å². The van der Waals surface area contributed by atoms with E-state index < -0.39 is 10.1 Å². The van der Waals surface area contributed by atoms with Crippen molar-refractivity contribution in [2.45, 2.75) is 38.0 Å². The van der Waals surface area contributed by atoms with Gasteiger partial charge in [-0.05, 0) is 30.4 Å². The normalized spacial score (nSPS) is 17.9. The number of hydrogen-bond acceptors (Lipinski definition) is 3. The minimum atomic E-state index is -3.44. The minimum Gasteiger partial charge on any atom is -0.382 e. The fraction of sp³-hybridized carbons (Fsp3) is 0.538. The first-order valence-corrected chi connectivity index (χ1v) is 7.86. The van der Waals surface area contributed by atoms with Gasteiger partial charge in [0.25, 0.3) is 0 Å². The van der Waals surface area contributed by atoms with Crippen LogP contribution in [0.1, 0.15) is 43.6 Å². The molecule has 0 aromatic heterocycles. The molecule has 0 aliphatic heterocycles. The minimum absolute atomic E-state index is 0.446. The van der Waals surface area contributed by atoms with Crippen molar-refractivity contribution < 1.29 is 12.6 Å². The Kier molecular flexibility index (Phi) is 3.72. The molecule has 1 fully saturated rings. The monoisotopic (exact) mass is 254 g/mol. The van der Waals surface area contributed by atoms with E-state index in [4.69, 9.17) is 4.18 Å². The first-order chi connectivity index (χ1) is 8.06. The summed E-state index contributed by atoms with van der Waals surface area (Å²) in [4.78, 5) is 0. The average Bonchev–Trinajstić information content (AvgIpc) is 2.29. The molecular formula is C13H18O3S. The summed E-state index contributed by atoms with van der Waals surface area (Å²) in [6.45, 7) is 0. The Morgan fingerprint density at radius 3 is 2.41 bits per heavy atom. The summed E-state index contributed by atoms with van der Waals surface area (Å²) in [6, 6.07) is 7.48. The Bertz CT molecular complexity index is 473. The van der Waals surface area contributed by atoms with E-state index in [0.717, 1.165) is 24.7 Å². The van der Waals surface area contributed by atoms with Gasteiger partial charge in [-0.1, -0.05) is 37.5 Å². The van der Waals surface area contributed by atoms with Crippen LogP contribution in [0.25, 0.3) is 0 Å². The predicted molar refractivity (Wildman–Crippen MR) is 67.7 cm³/mol. The molecular weight excluding hydrogens is 236 g/mol. The molecule has 0 N–H and O–H groups in total. The van der Waals surface area contributed by atoms with E-state index in [0.29, 0.717) is 11.7 Å². The van der Waals surface area contributed by atoms with E-state index in [-0.39, 0.29) is 0 Å². The molecule has 17 heavy (non-hydrogen) atoms. The van der Waals surface area contributed by atoms with E-state index in [9.17, 15) is 8.42 Å². The van der Waals surface area contributed by atoms with Crippen LogP contribution in [0.15, 0.2) is 24.3 Å². The smallest absolute Gasteiger partial charge is 0.306 e. The summed E-state index contributed by atoms with van der Waals surface area (Å²) < 4.78 is 27.5. The fourth-order valence-electron chi connectivity index (χ4n) is 2.47. The van der Waals surface area contributed by atoms with E-state index in [1.165, 1.54) is 19.3 Å². The molecule has 1 aromatic carbocycles. The molecule has 0 radical (unpaired) electrons. The Labute approximate surface area is 103 Å². The maximum atomic E-state index is 11.2. The van der Waals surface area contributed by atoms with Gasteiger partial charge in [0.15, 0.2) is 0 Å². The lowest BCUT2D eigenvalue weighted by molar-refractivity contribution is 0.429. The number of para-hydroxylation sites is 1. The van der Waals surface area contributed by atoms with Crippen molar-refractivity contribution in [3.8, 4) is 5.75 Å². The summed E-state index contributed by atoms with van der Waals surface area (Å²) in [6.07, 6.45) is 7.07. The topological polar surface area (TPSA) is 43.4 Å².